The Kier molecular flexibility index (Phi) is 5.31. The van der Waals surface area contributed by atoms with E-state index in [0.29, 0.717) is 28.6 Å². The Morgan fingerprint density at radius 2 is 1.93 bits per heavy atom. The molecule has 2 heterocycles. The second-order valence-electron chi connectivity index (χ2n) is 6.79. The van der Waals surface area contributed by atoms with Crippen molar-refractivity contribution in [3.63, 3.8) is 0 Å². The highest BCUT2D eigenvalue weighted by molar-refractivity contribution is 6.30. The normalized spacial score (nSPS) is 16.3. The second-order valence-corrected chi connectivity index (χ2v) is 7.23. The summed E-state index contributed by atoms with van der Waals surface area (Å²) in [4.78, 5) is 26.4. The van der Waals surface area contributed by atoms with Gasteiger partial charge in [-0.1, -0.05) is 16.8 Å². The molecule has 1 aliphatic rings. The number of halogens is 2. The van der Waals surface area contributed by atoms with Crippen LogP contribution in [0.2, 0.25) is 5.02 Å². The van der Waals surface area contributed by atoms with Gasteiger partial charge in [-0.15, -0.1) is 0 Å². The molecule has 6 nitrogen and oxygen atoms in total. The fourth-order valence-corrected chi connectivity index (χ4v) is 3.35. The molecular weight excluding hydrogens is 397 g/mol. The maximum Gasteiger partial charge on any atom is 0.227 e. The molecule has 2 aromatic carbocycles. The van der Waals surface area contributed by atoms with Gasteiger partial charge in [-0.05, 0) is 48.5 Å². The van der Waals surface area contributed by atoms with Gasteiger partial charge >= 0.3 is 0 Å². The molecule has 1 fully saturated rings. The first-order valence-corrected chi connectivity index (χ1v) is 9.42. The van der Waals surface area contributed by atoms with Crippen LogP contribution in [0, 0.1) is 11.7 Å². The number of carbonyl (C=O) groups is 2. The van der Waals surface area contributed by atoms with Crippen molar-refractivity contribution in [3.8, 4) is 11.3 Å². The molecule has 148 valence electrons. The zero-order valence-electron chi connectivity index (χ0n) is 15.3. The molecule has 1 saturated heterocycles. The fraction of sp³-hybridized carbons (Fsp3) is 0.190. The molecule has 1 N–H and O–H groups in total. The highest BCUT2D eigenvalue weighted by Crippen LogP contribution is 2.26. The molecule has 4 rings (SSSR count). The van der Waals surface area contributed by atoms with Crippen molar-refractivity contribution < 1.29 is 18.5 Å². The van der Waals surface area contributed by atoms with E-state index in [1.165, 1.54) is 12.1 Å². The maximum atomic E-state index is 13.0. The van der Waals surface area contributed by atoms with Crippen LogP contribution in [-0.2, 0) is 16.1 Å². The van der Waals surface area contributed by atoms with Gasteiger partial charge in [0.1, 0.15) is 11.5 Å². The lowest BCUT2D eigenvalue weighted by Crippen LogP contribution is -2.32. The lowest BCUT2D eigenvalue weighted by molar-refractivity contribution is -0.126. The van der Waals surface area contributed by atoms with Gasteiger partial charge < -0.3 is 14.7 Å². The first kappa shape index (κ1) is 19.1. The van der Waals surface area contributed by atoms with E-state index >= 15 is 0 Å². The molecule has 0 spiro atoms. The van der Waals surface area contributed by atoms with Gasteiger partial charge in [-0.25, -0.2) is 4.39 Å². The molecule has 29 heavy (non-hydrogen) atoms. The summed E-state index contributed by atoms with van der Waals surface area (Å²) in [5, 5.41) is 7.31. The first-order valence-electron chi connectivity index (χ1n) is 9.05. The van der Waals surface area contributed by atoms with E-state index in [4.69, 9.17) is 16.1 Å². The number of anilines is 1. The zero-order valence-corrected chi connectivity index (χ0v) is 16.0. The van der Waals surface area contributed by atoms with E-state index in [-0.39, 0.29) is 30.6 Å². The Bertz CT molecular complexity index is 1030. The van der Waals surface area contributed by atoms with E-state index in [2.05, 4.69) is 10.5 Å². The largest absolute Gasteiger partial charge is 0.356 e. The minimum Gasteiger partial charge on any atom is -0.356 e. The smallest absolute Gasteiger partial charge is 0.227 e. The number of carbonyl (C=O) groups excluding carboxylic acids is 2. The summed E-state index contributed by atoms with van der Waals surface area (Å²) in [5.41, 5.74) is 1.95. The summed E-state index contributed by atoms with van der Waals surface area (Å²) in [6.45, 7) is 0.487. The van der Waals surface area contributed by atoms with Crippen LogP contribution in [0.5, 0.6) is 0 Å². The minimum atomic E-state index is -0.443. The van der Waals surface area contributed by atoms with Crippen LogP contribution in [0.4, 0.5) is 10.1 Å². The molecule has 0 saturated carbocycles. The molecule has 8 heteroatoms. The van der Waals surface area contributed by atoms with Crippen LogP contribution in [-0.4, -0.2) is 23.5 Å². The lowest BCUT2D eigenvalue weighted by Gasteiger charge is -2.16. The summed E-state index contributed by atoms with van der Waals surface area (Å²) >= 11 is 5.88. The summed E-state index contributed by atoms with van der Waals surface area (Å²) in [5.74, 6) is -0.617. The number of benzene rings is 2. The minimum absolute atomic E-state index is 0.104. The van der Waals surface area contributed by atoms with Crippen LogP contribution in [0.3, 0.4) is 0 Å². The van der Waals surface area contributed by atoms with E-state index in [9.17, 15) is 14.0 Å². The van der Waals surface area contributed by atoms with Gasteiger partial charge in [0, 0.05) is 35.3 Å². The van der Waals surface area contributed by atoms with E-state index in [1.807, 2.05) is 0 Å². The average Bonchev–Trinajstić information content (AvgIpc) is 3.34. The van der Waals surface area contributed by atoms with Gasteiger partial charge in [0.05, 0.1) is 12.5 Å². The number of hydrogen-bond donors (Lipinski definition) is 1. The number of amides is 2. The predicted octanol–water partition coefficient (Wildman–Crippen LogP) is 3.80. The van der Waals surface area contributed by atoms with Crippen LogP contribution in [0.15, 0.2) is 59.1 Å². The standard InChI is InChI=1S/C21H17ClFN3O3/c22-15-3-7-18(8-4-15)26-12-14(9-20(26)27)21(28)24-11-17-10-19(29-25-17)13-1-5-16(23)6-2-13/h1-8,10,14H,9,11-12H2,(H,24,28). The van der Waals surface area contributed by atoms with E-state index in [0.717, 1.165) is 5.69 Å². The Balaban J connectivity index is 1.35. The molecule has 2 amide bonds. The van der Waals surface area contributed by atoms with Crippen LogP contribution in [0.1, 0.15) is 12.1 Å². The monoisotopic (exact) mass is 413 g/mol. The van der Waals surface area contributed by atoms with Gasteiger partial charge in [0.15, 0.2) is 5.76 Å². The SMILES string of the molecule is O=C(NCc1cc(-c2ccc(F)cc2)on1)C1CC(=O)N(c2ccc(Cl)cc2)C1. The zero-order chi connectivity index (χ0) is 20.4. The van der Waals surface area contributed by atoms with Crippen molar-refractivity contribution in [2.75, 3.05) is 11.4 Å². The van der Waals surface area contributed by atoms with Crippen LogP contribution >= 0.6 is 11.6 Å². The molecule has 1 aromatic heterocycles. The van der Waals surface area contributed by atoms with Crippen molar-refractivity contribution in [2.45, 2.75) is 13.0 Å². The maximum absolute atomic E-state index is 13.0. The third kappa shape index (κ3) is 4.30. The van der Waals surface area contributed by atoms with Crippen LogP contribution in [0.25, 0.3) is 11.3 Å². The molecule has 3 aromatic rings. The third-order valence-electron chi connectivity index (χ3n) is 4.77. The topological polar surface area (TPSA) is 75.4 Å². The van der Waals surface area contributed by atoms with Crippen molar-refractivity contribution in [1.29, 1.82) is 0 Å². The van der Waals surface area contributed by atoms with Gasteiger partial charge in [0.25, 0.3) is 0 Å². The molecule has 1 unspecified atom stereocenters. The number of aromatic nitrogens is 1. The predicted molar refractivity (Wildman–Crippen MR) is 106 cm³/mol. The Hall–Kier alpha value is -3.19. The first-order chi connectivity index (χ1) is 14.0. The number of nitrogens with zero attached hydrogens (tertiary/aromatic N) is 2. The Morgan fingerprint density at radius 1 is 1.21 bits per heavy atom. The Labute approximate surface area is 171 Å². The quantitative estimate of drug-likeness (QED) is 0.690. The summed E-state index contributed by atoms with van der Waals surface area (Å²) in [7, 11) is 0. The third-order valence-corrected chi connectivity index (χ3v) is 5.02. The lowest BCUT2D eigenvalue weighted by atomic mass is 10.1. The van der Waals surface area contributed by atoms with Crippen molar-refractivity contribution in [3.05, 3.63) is 71.1 Å². The van der Waals surface area contributed by atoms with Gasteiger partial charge in [0.2, 0.25) is 11.8 Å². The van der Waals surface area contributed by atoms with Crippen LogP contribution < -0.4 is 10.2 Å². The molecular formula is C21H17ClFN3O3. The van der Waals surface area contributed by atoms with Crippen molar-refractivity contribution >= 4 is 29.1 Å². The molecule has 1 atom stereocenters. The molecule has 0 aliphatic carbocycles. The van der Waals surface area contributed by atoms with E-state index < -0.39 is 5.92 Å². The fourth-order valence-electron chi connectivity index (χ4n) is 3.22. The van der Waals surface area contributed by atoms with Gasteiger partial charge in [-0.3, -0.25) is 9.59 Å². The van der Waals surface area contributed by atoms with E-state index in [1.54, 1.807) is 47.4 Å². The number of rotatable bonds is 5. The molecule has 0 radical (unpaired) electrons. The van der Waals surface area contributed by atoms with Crippen molar-refractivity contribution in [1.82, 2.24) is 10.5 Å². The highest BCUT2D eigenvalue weighted by atomic mass is 35.5. The van der Waals surface area contributed by atoms with Crippen molar-refractivity contribution in [2.24, 2.45) is 5.92 Å². The number of nitrogens with one attached hydrogen (secondary N) is 1. The second kappa shape index (κ2) is 8.05. The Morgan fingerprint density at radius 3 is 2.66 bits per heavy atom. The molecule has 0 bridgehead atoms. The summed E-state index contributed by atoms with van der Waals surface area (Å²) < 4.78 is 18.3. The average molecular weight is 414 g/mol. The van der Waals surface area contributed by atoms with Gasteiger partial charge in [-0.2, -0.15) is 0 Å². The number of hydrogen-bond acceptors (Lipinski definition) is 4. The summed E-state index contributed by atoms with van der Waals surface area (Å²) in [6.07, 6.45) is 0.147. The summed E-state index contributed by atoms with van der Waals surface area (Å²) in [6, 6.07) is 14.5. The highest BCUT2D eigenvalue weighted by Gasteiger charge is 2.35. The molecule has 1 aliphatic heterocycles.